The second-order valence-electron chi connectivity index (χ2n) is 7.22. The van der Waals surface area contributed by atoms with Gasteiger partial charge in [0.1, 0.15) is 0 Å². The second-order valence-corrected chi connectivity index (χ2v) is 8.23. The van der Waals surface area contributed by atoms with Crippen LogP contribution in [0.25, 0.3) is 10.2 Å². The highest BCUT2D eigenvalue weighted by Crippen LogP contribution is 2.40. The van der Waals surface area contributed by atoms with E-state index < -0.39 is 0 Å². The van der Waals surface area contributed by atoms with Crippen LogP contribution in [0.15, 0.2) is 30.3 Å². The number of hydrogen-bond donors (Lipinski definition) is 0. The number of methoxy groups -OCH3 is 2. The number of carbonyl (C=O) groups is 1. The van der Waals surface area contributed by atoms with Crippen molar-refractivity contribution in [2.24, 2.45) is 0 Å². The number of carbonyl (C=O) groups excluding carboxylic acids is 1. The number of ether oxygens (including phenoxy) is 4. The fraction of sp³-hybridized carbons (Fsp3) is 0.391. The maximum absolute atomic E-state index is 13.6. The number of halogens is 1. The highest BCUT2D eigenvalue weighted by atomic mass is 35.5. The molecule has 1 aliphatic heterocycles. The van der Waals surface area contributed by atoms with Crippen molar-refractivity contribution in [2.75, 3.05) is 52.1 Å². The van der Waals surface area contributed by atoms with E-state index in [0.29, 0.717) is 40.2 Å². The van der Waals surface area contributed by atoms with Gasteiger partial charge < -0.3 is 23.8 Å². The fourth-order valence-electron chi connectivity index (χ4n) is 3.61. The first-order valence-corrected chi connectivity index (χ1v) is 11.4. The summed E-state index contributed by atoms with van der Waals surface area (Å²) in [6, 6.07) is 8.97. The molecule has 0 N–H and O–H groups in total. The topological polar surface area (TPSA) is 73.4 Å². The predicted octanol–water partition coefficient (Wildman–Crippen LogP) is 4.45. The monoisotopic (exact) mass is 493 g/mol. The van der Waals surface area contributed by atoms with E-state index >= 15 is 0 Å². The molecule has 1 aliphatic rings. The molecule has 1 aromatic heterocycles. The number of thiazole rings is 1. The summed E-state index contributed by atoms with van der Waals surface area (Å²) in [5, 5.41) is 0.635. The molecule has 2 aromatic carbocycles. The molecule has 4 rings (SSSR count). The molecular weight excluding hydrogens is 466 g/mol. The predicted molar refractivity (Wildman–Crippen MR) is 132 cm³/mol. The maximum Gasteiger partial charge on any atom is 0.260 e. The lowest BCUT2D eigenvalue weighted by molar-refractivity contribution is 0.0983. The van der Waals surface area contributed by atoms with Gasteiger partial charge in [-0.05, 0) is 31.3 Å². The van der Waals surface area contributed by atoms with Gasteiger partial charge in [0, 0.05) is 30.8 Å². The Morgan fingerprint density at radius 3 is 2.39 bits per heavy atom. The number of rotatable bonds is 9. The van der Waals surface area contributed by atoms with Crippen LogP contribution in [0, 0.1) is 0 Å². The minimum Gasteiger partial charge on any atom is -0.493 e. The Morgan fingerprint density at radius 2 is 1.73 bits per heavy atom. The van der Waals surface area contributed by atoms with Gasteiger partial charge in [-0.1, -0.05) is 25.2 Å². The molecule has 33 heavy (non-hydrogen) atoms. The van der Waals surface area contributed by atoms with Gasteiger partial charge in [0.05, 0.1) is 24.4 Å². The summed E-state index contributed by atoms with van der Waals surface area (Å²) in [5.41, 5.74) is 1.29. The summed E-state index contributed by atoms with van der Waals surface area (Å²) in [4.78, 5) is 22.4. The number of aromatic nitrogens is 1. The highest BCUT2D eigenvalue weighted by Gasteiger charge is 2.24. The van der Waals surface area contributed by atoms with Crippen molar-refractivity contribution in [1.29, 1.82) is 0 Å². The molecule has 0 saturated carbocycles. The molecule has 0 fully saturated rings. The largest absolute Gasteiger partial charge is 0.493 e. The van der Waals surface area contributed by atoms with Crippen LogP contribution in [0.3, 0.4) is 0 Å². The van der Waals surface area contributed by atoms with Crippen molar-refractivity contribution in [3.8, 4) is 23.0 Å². The summed E-state index contributed by atoms with van der Waals surface area (Å²) >= 11 is 1.46. The third-order valence-electron chi connectivity index (χ3n) is 5.51. The first-order valence-electron chi connectivity index (χ1n) is 10.5. The molecule has 0 spiro atoms. The van der Waals surface area contributed by atoms with Gasteiger partial charge in [-0.15, -0.1) is 12.4 Å². The summed E-state index contributed by atoms with van der Waals surface area (Å²) in [7, 11) is 3.13. The number of anilines is 1. The van der Waals surface area contributed by atoms with E-state index in [2.05, 4.69) is 18.7 Å². The molecule has 1 amide bonds. The van der Waals surface area contributed by atoms with E-state index in [-0.39, 0.29) is 25.1 Å². The van der Waals surface area contributed by atoms with Crippen molar-refractivity contribution < 1.29 is 23.7 Å². The van der Waals surface area contributed by atoms with E-state index in [4.69, 9.17) is 23.9 Å². The first-order chi connectivity index (χ1) is 15.6. The van der Waals surface area contributed by atoms with Crippen LogP contribution in [-0.2, 0) is 0 Å². The molecule has 8 nitrogen and oxygen atoms in total. The molecule has 0 saturated heterocycles. The van der Waals surface area contributed by atoms with Gasteiger partial charge >= 0.3 is 0 Å². The van der Waals surface area contributed by atoms with Gasteiger partial charge in [-0.2, -0.15) is 0 Å². The lowest BCUT2D eigenvalue weighted by atomic mass is 10.1. The second kappa shape index (κ2) is 10.9. The van der Waals surface area contributed by atoms with Crippen molar-refractivity contribution in [1.82, 2.24) is 9.88 Å². The number of amides is 1. The van der Waals surface area contributed by atoms with E-state index in [0.717, 1.165) is 29.9 Å². The molecule has 3 aromatic rings. The zero-order valence-electron chi connectivity index (χ0n) is 19.1. The minimum absolute atomic E-state index is 0. The SMILES string of the molecule is CCN(CC)CCN(C(=O)c1ccc(OC)c(OC)c1)c1nc2cc3c(cc2s1)OCO3.Cl. The minimum atomic E-state index is -0.141. The number of benzene rings is 2. The highest BCUT2D eigenvalue weighted by molar-refractivity contribution is 7.22. The molecule has 0 aliphatic carbocycles. The average Bonchev–Trinajstić information content (AvgIpc) is 3.45. The Bertz CT molecular complexity index is 1080. The third-order valence-corrected chi connectivity index (χ3v) is 6.55. The number of fused-ring (bicyclic) bond motifs is 2. The van der Waals surface area contributed by atoms with Gasteiger partial charge in [-0.3, -0.25) is 9.69 Å². The summed E-state index contributed by atoms with van der Waals surface area (Å²) in [6.07, 6.45) is 0. The molecule has 2 heterocycles. The summed E-state index contributed by atoms with van der Waals surface area (Å²) in [5.74, 6) is 2.33. The molecule has 0 unspecified atom stereocenters. The van der Waals surface area contributed by atoms with Gasteiger partial charge in [0.15, 0.2) is 28.1 Å². The molecule has 178 valence electrons. The Balaban J connectivity index is 0.00000306. The maximum atomic E-state index is 13.6. The van der Waals surface area contributed by atoms with Crippen LogP contribution >= 0.6 is 23.7 Å². The van der Waals surface area contributed by atoms with Crippen LogP contribution in [0.4, 0.5) is 5.13 Å². The van der Waals surface area contributed by atoms with Crippen molar-refractivity contribution >= 4 is 45.0 Å². The number of likely N-dealkylation sites (N-methyl/N-ethyl adjacent to an activating group) is 1. The summed E-state index contributed by atoms with van der Waals surface area (Å²) < 4.78 is 22.6. The van der Waals surface area contributed by atoms with Gasteiger partial charge in [-0.25, -0.2) is 4.98 Å². The molecular formula is C23H28ClN3O5S. The van der Waals surface area contributed by atoms with E-state index in [9.17, 15) is 4.79 Å². The van der Waals surface area contributed by atoms with Crippen molar-refractivity contribution in [2.45, 2.75) is 13.8 Å². The van der Waals surface area contributed by atoms with E-state index in [1.165, 1.54) is 11.3 Å². The number of nitrogens with zero attached hydrogens (tertiary/aromatic N) is 3. The average molecular weight is 494 g/mol. The zero-order chi connectivity index (χ0) is 22.7. The van der Waals surface area contributed by atoms with Crippen LogP contribution < -0.4 is 23.8 Å². The van der Waals surface area contributed by atoms with Crippen molar-refractivity contribution in [3.63, 3.8) is 0 Å². The quantitative estimate of drug-likeness (QED) is 0.436. The molecule has 10 heteroatoms. The van der Waals surface area contributed by atoms with Crippen LogP contribution in [0.2, 0.25) is 0 Å². The Labute approximate surface area is 203 Å². The van der Waals surface area contributed by atoms with Gasteiger partial charge in [0.2, 0.25) is 6.79 Å². The van der Waals surface area contributed by atoms with Crippen LogP contribution in [0.1, 0.15) is 24.2 Å². The Morgan fingerprint density at radius 1 is 1.03 bits per heavy atom. The first kappa shape index (κ1) is 24.9. The zero-order valence-corrected chi connectivity index (χ0v) is 20.8. The third kappa shape index (κ3) is 5.10. The van der Waals surface area contributed by atoms with E-state index in [1.54, 1.807) is 37.3 Å². The van der Waals surface area contributed by atoms with Gasteiger partial charge in [0.25, 0.3) is 5.91 Å². The Kier molecular flexibility index (Phi) is 8.23. The van der Waals surface area contributed by atoms with Crippen molar-refractivity contribution in [3.05, 3.63) is 35.9 Å². The van der Waals surface area contributed by atoms with E-state index in [1.807, 2.05) is 12.1 Å². The molecule has 0 atom stereocenters. The number of hydrogen-bond acceptors (Lipinski definition) is 8. The molecule has 0 bridgehead atoms. The summed E-state index contributed by atoms with van der Waals surface area (Å²) in [6.45, 7) is 7.53. The lowest BCUT2D eigenvalue weighted by Gasteiger charge is -2.25. The van der Waals surface area contributed by atoms with Crippen LogP contribution in [0.5, 0.6) is 23.0 Å². The fourth-order valence-corrected chi connectivity index (χ4v) is 4.61. The Hall–Kier alpha value is -2.75. The lowest BCUT2D eigenvalue weighted by Crippen LogP contribution is -2.38. The molecule has 0 radical (unpaired) electrons. The normalized spacial score (nSPS) is 12.0. The smallest absolute Gasteiger partial charge is 0.260 e. The standard InChI is InChI=1S/C23H27N3O5S.ClH/c1-5-25(6-2)9-10-26(22(27)15-7-8-17(28-3)18(11-15)29-4)23-24-16-12-19-20(31-14-30-19)13-21(16)32-23;/h7-8,11-13H,5-6,9-10,14H2,1-4H3;1H. The van der Waals surface area contributed by atoms with Crippen LogP contribution in [-0.4, -0.2) is 63.0 Å².